The first kappa shape index (κ1) is 57.6. The van der Waals surface area contributed by atoms with Crippen molar-refractivity contribution >= 4 is 46.2 Å². The summed E-state index contributed by atoms with van der Waals surface area (Å²) in [6, 6.07) is 14.2. The molecule has 3 aliphatic rings. The zero-order valence-electron chi connectivity index (χ0n) is 45.9. The second-order valence-electron chi connectivity index (χ2n) is 21.3. The van der Waals surface area contributed by atoms with Crippen molar-refractivity contribution in [2.75, 3.05) is 55.9 Å². The van der Waals surface area contributed by atoms with Crippen LogP contribution in [-0.4, -0.2) is 107 Å². The molecule has 17 nitrogen and oxygen atoms in total. The van der Waals surface area contributed by atoms with Gasteiger partial charge in [0.1, 0.15) is 11.5 Å². The minimum Gasteiger partial charge on any atom is -0.322 e. The van der Waals surface area contributed by atoms with Crippen LogP contribution in [-0.2, 0) is 45.5 Å². The van der Waals surface area contributed by atoms with Gasteiger partial charge in [0.25, 0.3) is 11.8 Å². The highest BCUT2D eigenvalue weighted by Crippen LogP contribution is 2.40. The number of nitrogens with one attached hydrogen (secondary N) is 4. The number of aromatic nitrogens is 7. The van der Waals surface area contributed by atoms with Crippen LogP contribution in [0.5, 0.6) is 0 Å². The van der Waals surface area contributed by atoms with Gasteiger partial charge in [-0.1, -0.05) is 28.9 Å². The first-order chi connectivity index (χ1) is 39.0. The molecule has 2 amide bonds. The molecule has 6 heterocycles. The van der Waals surface area contributed by atoms with Crippen molar-refractivity contribution in [1.29, 1.82) is 0 Å². The van der Waals surface area contributed by atoms with Gasteiger partial charge in [-0.3, -0.25) is 33.8 Å². The van der Waals surface area contributed by atoms with E-state index in [1.807, 2.05) is 56.4 Å². The monoisotopic (exact) mass is 1160 g/mol. The molecule has 0 atom stereocenters. The van der Waals surface area contributed by atoms with Gasteiger partial charge in [0.15, 0.2) is 0 Å². The van der Waals surface area contributed by atoms with Gasteiger partial charge in [-0.2, -0.15) is 36.5 Å². The summed E-state index contributed by atoms with van der Waals surface area (Å²) >= 11 is 6.46. The lowest BCUT2D eigenvalue weighted by molar-refractivity contribution is -0.140. The summed E-state index contributed by atoms with van der Waals surface area (Å²) in [5.41, 5.74) is 10.7. The number of hydrazine groups is 2. The molecule has 0 radical (unpaired) electrons. The van der Waals surface area contributed by atoms with Gasteiger partial charge in [0.05, 0.1) is 51.8 Å². The highest BCUT2D eigenvalue weighted by Gasteiger charge is 2.37. The molecule has 432 valence electrons. The van der Waals surface area contributed by atoms with Crippen LogP contribution in [0, 0.1) is 26.6 Å². The Hall–Kier alpha value is -7.64. The maximum absolute atomic E-state index is 15.2. The topological polar surface area (TPSA) is 162 Å². The van der Waals surface area contributed by atoms with E-state index in [0.717, 1.165) is 78.5 Å². The van der Waals surface area contributed by atoms with E-state index in [1.165, 1.54) is 12.1 Å². The molecular weight excluding hydrogens is 1100 g/mol. The fraction of sp³-hybridized carbons (Fsp3) is 0.368. The third-order valence-electron chi connectivity index (χ3n) is 15.6. The molecule has 3 aliphatic heterocycles. The molecule has 0 bridgehead atoms. The van der Waals surface area contributed by atoms with Gasteiger partial charge in [-0.05, 0) is 158 Å². The molecule has 2 saturated heterocycles. The van der Waals surface area contributed by atoms with Crippen molar-refractivity contribution in [3.8, 4) is 16.9 Å². The summed E-state index contributed by atoms with van der Waals surface area (Å²) in [7, 11) is 5.71. The number of rotatable bonds is 16. The van der Waals surface area contributed by atoms with Crippen LogP contribution < -0.4 is 26.6 Å². The van der Waals surface area contributed by atoms with Crippen molar-refractivity contribution in [3.05, 3.63) is 158 Å². The van der Waals surface area contributed by atoms with Crippen LogP contribution in [0.15, 0.2) is 85.5 Å². The Morgan fingerprint density at radius 2 is 1.40 bits per heavy atom. The lowest BCUT2D eigenvalue weighted by atomic mass is 10.0. The van der Waals surface area contributed by atoms with Crippen molar-refractivity contribution in [2.45, 2.75) is 90.9 Å². The second-order valence-corrected chi connectivity index (χ2v) is 21.6. The van der Waals surface area contributed by atoms with Crippen molar-refractivity contribution in [1.82, 2.24) is 60.2 Å². The zero-order valence-corrected chi connectivity index (χ0v) is 46.7. The summed E-state index contributed by atoms with van der Waals surface area (Å²) in [6.07, 6.45) is 0.911. The molecule has 82 heavy (non-hydrogen) atoms. The van der Waals surface area contributed by atoms with Gasteiger partial charge in [-0.25, -0.2) is 9.07 Å². The number of amides is 2. The minimum absolute atomic E-state index is 0.0162. The van der Waals surface area contributed by atoms with Crippen LogP contribution in [0.25, 0.3) is 22.6 Å². The molecule has 7 aromatic rings. The SMILES string of the molecule is Cc1ccc(C(=O)Nc2cc(CN3CCCC3)c(F)c(C(F)(F)F)c2)cc1N1C=C(c2cnn(CCc3ccc(C(=O)Nc4cc(CN(C)C5CCN(C)CC5)c(Cl)c(C(F)(F)F)c4)cc3-n3cc(-c4cnn(C)c4C)nn3)c2C)NN1. The van der Waals surface area contributed by atoms with E-state index in [0.29, 0.717) is 54.9 Å². The predicted molar refractivity (Wildman–Crippen MR) is 297 cm³/mol. The number of anilines is 3. The van der Waals surface area contributed by atoms with Crippen molar-refractivity contribution < 1.29 is 40.3 Å². The first-order valence-electron chi connectivity index (χ1n) is 26.7. The number of nitrogens with zero attached hydrogens (tertiary/aromatic N) is 11. The van der Waals surface area contributed by atoms with E-state index in [4.69, 9.17) is 16.7 Å². The summed E-state index contributed by atoms with van der Waals surface area (Å²) in [4.78, 5) is 33.9. The molecule has 0 saturated carbocycles. The average molecular weight is 1160 g/mol. The normalized spacial score (nSPS) is 15.6. The Morgan fingerprint density at radius 1 is 0.768 bits per heavy atom. The summed E-state index contributed by atoms with van der Waals surface area (Å²) in [5, 5.41) is 24.4. The van der Waals surface area contributed by atoms with E-state index < -0.39 is 46.1 Å². The number of benzene rings is 4. The zero-order chi connectivity index (χ0) is 58.4. The summed E-state index contributed by atoms with van der Waals surface area (Å²) in [5.74, 6) is -2.70. The number of hydrogen-bond donors (Lipinski definition) is 4. The van der Waals surface area contributed by atoms with Crippen LogP contribution >= 0.6 is 11.6 Å². The maximum Gasteiger partial charge on any atom is 0.419 e. The Morgan fingerprint density at radius 3 is 2.06 bits per heavy atom. The molecule has 4 N–H and O–H groups in total. The lowest BCUT2D eigenvalue weighted by Crippen LogP contribution is -2.41. The van der Waals surface area contributed by atoms with Crippen molar-refractivity contribution in [3.63, 3.8) is 0 Å². The molecule has 4 aromatic carbocycles. The van der Waals surface area contributed by atoms with Crippen LogP contribution in [0.3, 0.4) is 0 Å². The molecular formula is C57H61ClF7N15O2. The van der Waals surface area contributed by atoms with Crippen LogP contribution in [0.2, 0.25) is 5.02 Å². The minimum atomic E-state index is -4.98. The number of hydrogen-bond acceptors (Lipinski definition) is 12. The lowest BCUT2D eigenvalue weighted by Gasteiger charge is -2.35. The molecule has 2 fully saturated rings. The van der Waals surface area contributed by atoms with E-state index in [9.17, 15) is 35.9 Å². The fourth-order valence-corrected chi connectivity index (χ4v) is 11.0. The van der Waals surface area contributed by atoms with Gasteiger partial charge >= 0.3 is 12.4 Å². The van der Waals surface area contributed by atoms with E-state index in [1.54, 1.807) is 75.6 Å². The highest BCUT2D eigenvalue weighted by molar-refractivity contribution is 6.32. The Balaban J connectivity index is 0.874. The number of alkyl halides is 6. The van der Waals surface area contributed by atoms with Gasteiger partial charge < -0.3 is 21.0 Å². The number of halogens is 8. The van der Waals surface area contributed by atoms with E-state index in [-0.39, 0.29) is 52.8 Å². The average Bonchev–Trinajstić information content (AvgIpc) is 4.46. The third-order valence-corrected chi connectivity index (χ3v) is 16.1. The van der Waals surface area contributed by atoms with Crippen LogP contribution in [0.4, 0.5) is 47.8 Å². The molecule has 3 aromatic heterocycles. The Bertz CT molecular complexity index is 3580. The quantitative estimate of drug-likeness (QED) is 0.0679. The second kappa shape index (κ2) is 23.3. The largest absolute Gasteiger partial charge is 0.419 e. The number of carbonyl (C=O) groups is 2. The van der Waals surface area contributed by atoms with Gasteiger partial charge in [0, 0.05) is 89.5 Å². The highest BCUT2D eigenvalue weighted by atomic mass is 35.5. The molecule has 0 unspecified atom stereocenters. The summed E-state index contributed by atoms with van der Waals surface area (Å²) in [6.45, 7) is 9.12. The van der Waals surface area contributed by atoms with E-state index in [2.05, 4.69) is 41.9 Å². The molecule has 0 aliphatic carbocycles. The Kier molecular flexibility index (Phi) is 16.4. The molecule has 0 spiro atoms. The Labute approximate surface area is 473 Å². The van der Waals surface area contributed by atoms with Crippen LogP contribution in [0.1, 0.15) is 96.7 Å². The standard InChI is InChI=1S/C57H61ClF7N15O2/c1-33-9-10-37(54(81)69-42-22-40(30-77-16-7-8-17-77)53(59)47(26-42)57(63,64)65)23-50(33)79-31-49(71-72-79)45-28-67-78(35(45)3)20-13-36-11-12-38(24-51(36)80-32-48(70-73-80)44-27-66-76(6)34(44)2)55(82)68-41-21-39(52(58)46(25-41)56(60,61)62)29-75(5)43-14-18-74(4)19-15-43/h9-12,21-28,31-32,43,71-72H,7-8,13-20,29-30H2,1-6H3,(H,68,82)(H,69,81). The maximum atomic E-state index is 15.2. The third kappa shape index (κ3) is 12.4. The number of likely N-dealkylation sites (tertiary alicyclic amines) is 2. The number of aryl methyl sites for hydroxylation is 4. The van der Waals surface area contributed by atoms with Crippen molar-refractivity contribution in [2.24, 2.45) is 7.05 Å². The van der Waals surface area contributed by atoms with Gasteiger partial charge in [0.2, 0.25) is 0 Å². The number of carbonyl (C=O) groups excluding carboxylic acids is 2. The van der Waals surface area contributed by atoms with Gasteiger partial charge in [-0.15, -0.1) is 10.6 Å². The number of piperidine rings is 1. The first-order valence-corrected chi connectivity index (χ1v) is 27.1. The fourth-order valence-electron chi connectivity index (χ4n) is 10.7. The molecule has 25 heteroatoms. The van der Waals surface area contributed by atoms with E-state index >= 15 is 4.39 Å². The predicted octanol–water partition coefficient (Wildman–Crippen LogP) is 10.3. The summed E-state index contributed by atoms with van der Waals surface area (Å²) < 4.78 is 106. The smallest absolute Gasteiger partial charge is 0.322 e. The molecule has 10 rings (SSSR count).